The number of nitrogens with one attached hydrogen (secondary N) is 1. The zero-order chi connectivity index (χ0) is 17.9. The lowest BCUT2D eigenvalue weighted by Gasteiger charge is -2.39. The van der Waals surface area contributed by atoms with E-state index in [1.807, 2.05) is 48.4 Å². The molecule has 3 aromatic heterocycles. The molecule has 1 saturated heterocycles. The Morgan fingerprint density at radius 3 is 3.04 bits per heavy atom. The Bertz CT molecular complexity index is 847. The molecule has 0 aliphatic carbocycles. The van der Waals surface area contributed by atoms with Gasteiger partial charge in [0.25, 0.3) is 0 Å². The molecule has 1 N–H and O–H groups in total. The number of rotatable bonds is 3. The summed E-state index contributed by atoms with van der Waals surface area (Å²) in [5.41, 5.74) is 1.97. The lowest BCUT2D eigenvalue weighted by molar-refractivity contribution is 0.189. The van der Waals surface area contributed by atoms with Crippen LogP contribution in [0.5, 0.6) is 0 Å². The molecule has 0 amide bonds. The Balaban J connectivity index is 1.43. The predicted octanol–water partition coefficient (Wildman–Crippen LogP) is 2.19. The summed E-state index contributed by atoms with van der Waals surface area (Å²) in [5, 5.41) is 3.47. The Labute approximate surface area is 153 Å². The zero-order valence-electron chi connectivity index (χ0n) is 15.3. The van der Waals surface area contributed by atoms with Crippen LogP contribution in [0.25, 0.3) is 5.65 Å². The molecule has 7 nitrogen and oxygen atoms in total. The number of piperidine rings is 1. The average Bonchev–Trinajstić information content (AvgIpc) is 3.32. The third-order valence-electron chi connectivity index (χ3n) is 5.18. The number of hydrogen-bond acceptors (Lipinski definition) is 3. The first-order valence-corrected chi connectivity index (χ1v) is 9.10. The van der Waals surface area contributed by atoms with E-state index < -0.39 is 0 Å². The predicted molar refractivity (Wildman–Crippen MR) is 102 cm³/mol. The smallest absolute Gasteiger partial charge is 0.194 e. The van der Waals surface area contributed by atoms with Gasteiger partial charge >= 0.3 is 0 Å². The normalized spacial score (nSPS) is 21.3. The molecular formula is C19H25N7. The molecule has 0 saturated carbocycles. The first kappa shape index (κ1) is 16.6. The summed E-state index contributed by atoms with van der Waals surface area (Å²) < 4.78 is 4.25. The highest BCUT2D eigenvalue weighted by atomic mass is 15.3. The van der Waals surface area contributed by atoms with Crippen LogP contribution in [0.1, 0.15) is 25.1 Å². The molecule has 3 aromatic rings. The van der Waals surface area contributed by atoms with Gasteiger partial charge in [0.2, 0.25) is 0 Å². The van der Waals surface area contributed by atoms with Crippen molar-refractivity contribution >= 4 is 11.6 Å². The fourth-order valence-electron chi connectivity index (χ4n) is 3.67. The SMILES string of the molecule is CN=C(NCc1cn2ccccc2n1)N1CCC(C)C(n2ccnc2)C1. The molecule has 1 aliphatic heterocycles. The van der Waals surface area contributed by atoms with Crippen molar-refractivity contribution in [1.29, 1.82) is 0 Å². The van der Waals surface area contributed by atoms with Gasteiger partial charge in [-0.25, -0.2) is 9.97 Å². The van der Waals surface area contributed by atoms with Crippen LogP contribution < -0.4 is 5.32 Å². The molecule has 2 unspecified atom stereocenters. The maximum Gasteiger partial charge on any atom is 0.194 e. The van der Waals surface area contributed by atoms with Crippen molar-refractivity contribution < 1.29 is 0 Å². The van der Waals surface area contributed by atoms with Crippen LogP contribution in [0.2, 0.25) is 0 Å². The lowest BCUT2D eigenvalue weighted by Crippen LogP contribution is -2.48. The third-order valence-corrected chi connectivity index (χ3v) is 5.18. The van der Waals surface area contributed by atoms with E-state index in [0.29, 0.717) is 18.5 Å². The van der Waals surface area contributed by atoms with E-state index in [4.69, 9.17) is 0 Å². The number of pyridine rings is 1. The van der Waals surface area contributed by atoms with Gasteiger partial charge < -0.3 is 19.2 Å². The first-order valence-electron chi connectivity index (χ1n) is 9.10. The second-order valence-electron chi connectivity index (χ2n) is 6.89. The van der Waals surface area contributed by atoms with Crippen molar-refractivity contribution in [2.45, 2.75) is 25.9 Å². The van der Waals surface area contributed by atoms with Crippen molar-refractivity contribution in [3.63, 3.8) is 0 Å². The van der Waals surface area contributed by atoms with Crippen molar-refractivity contribution in [1.82, 2.24) is 29.2 Å². The molecular weight excluding hydrogens is 326 g/mol. The van der Waals surface area contributed by atoms with Crippen molar-refractivity contribution in [2.24, 2.45) is 10.9 Å². The summed E-state index contributed by atoms with van der Waals surface area (Å²) in [4.78, 5) is 15.7. The highest BCUT2D eigenvalue weighted by Crippen LogP contribution is 2.27. The van der Waals surface area contributed by atoms with Gasteiger partial charge in [-0.3, -0.25) is 4.99 Å². The standard InChI is InChI=1S/C19H25N7/c1-15-6-9-25(13-17(15)26-10-7-21-14-26)19(20-2)22-11-16-12-24-8-4-3-5-18(24)23-16/h3-5,7-8,10,12,14-15,17H,6,9,11,13H2,1-2H3,(H,20,22). The minimum Gasteiger partial charge on any atom is -0.351 e. The molecule has 136 valence electrons. The van der Waals surface area contributed by atoms with Crippen molar-refractivity contribution in [3.05, 3.63) is 55.0 Å². The van der Waals surface area contributed by atoms with E-state index in [-0.39, 0.29) is 0 Å². The van der Waals surface area contributed by atoms with Crippen LogP contribution in [0, 0.1) is 5.92 Å². The largest absolute Gasteiger partial charge is 0.351 e. The number of aromatic nitrogens is 4. The van der Waals surface area contributed by atoms with Gasteiger partial charge in [-0.05, 0) is 24.5 Å². The van der Waals surface area contributed by atoms with Crippen LogP contribution in [-0.2, 0) is 6.54 Å². The fourth-order valence-corrected chi connectivity index (χ4v) is 3.67. The Kier molecular flexibility index (Phi) is 4.60. The van der Waals surface area contributed by atoms with E-state index in [1.54, 1.807) is 0 Å². The van der Waals surface area contributed by atoms with Crippen molar-refractivity contribution in [2.75, 3.05) is 20.1 Å². The molecule has 0 bridgehead atoms. The highest BCUT2D eigenvalue weighted by molar-refractivity contribution is 5.80. The second kappa shape index (κ2) is 7.19. The number of nitrogens with zero attached hydrogens (tertiary/aromatic N) is 6. The maximum atomic E-state index is 4.65. The minimum absolute atomic E-state index is 0.417. The summed E-state index contributed by atoms with van der Waals surface area (Å²) in [7, 11) is 1.84. The number of guanidine groups is 1. The quantitative estimate of drug-likeness (QED) is 0.580. The zero-order valence-corrected chi connectivity index (χ0v) is 15.3. The van der Waals surface area contributed by atoms with Gasteiger partial charge in [0.05, 0.1) is 24.6 Å². The molecule has 4 heterocycles. The fraction of sp³-hybridized carbons (Fsp3) is 0.421. The topological polar surface area (TPSA) is 62.8 Å². The van der Waals surface area contributed by atoms with Gasteiger partial charge in [0.15, 0.2) is 5.96 Å². The molecule has 4 rings (SSSR count). The van der Waals surface area contributed by atoms with E-state index in [0.717, 1.165) is 36.8 Å². The Morgan fingerprint density at radius 1 is 1.35 bits per heavy atom. The number of fused-ring (bicyclic) bond motifs is 1. The molecule has 0 spiro atoms. The molecule has 0 radical (unpaired) electrons. The minimum atomic E-state index is 0.417. The van der Waals surface area contributed by atoms with Gasteiger partial charge in [-0.15, -0.1) is 0 Å². The summed E-state index contributed by atoms with van der Waals surface area (Å²) in [6.45, 7) is 4.92. The van der Waals surface area contributed by atoms with Gasteiger partial charge in [0.1, 0.15) is 5.65 Å². The Hall–Kier alpha value is -2.83. The van der Waals surface area contributed by atoms with Crippen LogP contribution in [0.15, 0.2) is 54.3 Å². The summed E-state index contributed by atoms with van der Waals surface area (Å²) in [6.07, 6.45) is 11.0. The van der Waals surface area contributed by atoms with E-state index in [1.165, 1.54) is 0 Å². The Morgan fingerprint density at radius 2 is 2.27 bits per heavy atom. The molecule has 0 aromatic carbocycles. The van der Waals surface area contributed by atoms with Crippen molar-refractivity contribution in [3.8, 4) is 0 Å². The van der Waals surface area contributed by atoms with E-state index in [9.17, 15) is 0 Å². The molecule has 7 heteroatoms. The van der Waals surface area contributed by atoms with Gasteiger partial charge in [-0.1, -0.05) is 13.0 Å². The van der Waals surface area contributed by atoms with Gasteiger partial charge in [0, 0.05) is 44.9 Å². The number of likely N-dealkylation sites (tertiary alicyclic amines) is 1. The summed E-state index contributed by atoms with van der Waals surface area (Å²) >= 11 is 0. The number of hydrogen-bond donors (Lipinski definition) is 1. The average molecular weight is 351 g/mol. The number of imidazole rings is 2. The van der Waals surface area contributed by atoms with Crippen LogP contribution >= 0.6 is 0 Å². The first-order chi connectivity index (χ1) is 12.7. The number of aliphatic imine (C=N–C) groups is 1. The highest BCUT2D eigenvalue weighted by Gasteiger charge is 2.28. The molecule has 1 fully saturated rings. The summed E-state index contributed by atoms with van der Waals surface area (Å²) in [6, 6.07) is 6.44. The molecule has 2 atom stereocenters. The lowest BCUT2D eigenvalue weighted by atomic mass is 9.93. The van der Waals surface area contributed by atoms with Crippen LogP contribution in [0.3, 0.4) is 0 Å². The second-order valence-corrected chi connectivity index (χ2v) is 6.89. The van der Waals surface area contributed by atoms with Gasteiger partial charge in [-0.2, -0.15) is 0 Å². The monoisotopic (exact) mass is 351 g/mol. The van der Waals surface area contributed by atoms with E-state index >= 15 is 0 Å². The molecule has 1 aliphatic rings. The summed E-state index contributed by atoms with van der Waals surface area (Å²) in [5.74, 6) is 1.55. The maximum absolute atomic E-state index is 4.65. The van der Waals surface area contributed by atoms with Crippen LogP contribution in [-0.4, -0.2) is 49.9 Å². The van der Waals surface area contributed by atoms with E-state index in [2.05, 4.69) is 49.1 Å². The van der Waals surface area contributed by atoms with Crippen LogP contribution in [0.4, 0.5) is 0 Å². The molecule has 26 heavy (non-hydrogen) atoms. The third kappa shape index (κ3) is 3.29.